The summed E-state index contributed by atoms with van der Waals surface area (Å²) >= 11 is 1.66. The molecule has 1 atom stereocenters. The summed E-state index contributed by atoms with van der Waals surface area (Å²) in [6.45, 7) is 1.31. The molecule has 0 radical (unpaired) electrons. The first-order valence-electron chi connectivity index (χ1n) is 6.20. The molecule has 0 fully saturated rings. The molecule has 0 amide bonds. The maximum absolute atomic E-state index is 13.3. The third-order valence-electron chi connectivity index (χ3n) is 3.22. The molecule has 1 unspecified atom stereocenters. The number of aliphatic hydroxyl groups is 1. The Balaban J connectivity index is 3.03. The van der Waals surface area contributed by atoms with E-state index in [1.165, 1.54) is 23.5 Å². The number of benzene rings is 1. The summed E-state index contributed by atoms with van der Waals surface area (Å²) in [5.74, 6) is 0.260. The highest BCUT2D eigenvalue weighted by atomic mass is 32.2. The van der Waals surface area contributed by atoms with Crippen LogP contribution in [0.2, 0.25) is 0 Å². The van der Waals surface area contributed by atoms with Crippen LogP contribution in [0.3, 0.4) is 0 Å². The van der Waals surface area contributed by atoms with Gasteiger partial charge in [-0.1, -0.05) is 0 Å². The number of nitrogens with zero attached hydrogens (tertiary/aromatic N) is 1. The molecule has 1 aromatic rings. The number of hydrogen-bond donors (Lipinski definition) is 1. The van der Waals surface area contributed by atoms with E-state index in [4.69, 9.17) is 5.11 Å². The predicted molar refractivity (Wildman–Crippen MR) is 79.7 cm³/mol. The van der Waals surface area contributed by atoms with Gasteiger partial charge in [-0.2, -0.15) is 16.1 Å². The molecule has 20 heavy (non-hydrogen) atoms. The summed E-state index contributed by atoms with van der Waals surface area (Å²) in [4.78, 5) is 0.00134. The lowest BCUT2D eigenvalue weighted by Gasteiger charge is -2.24. The van der Waals surface area contributed by atoms with Crippen molar-refractivity contribution in [3.63, 3.8) is 0 Å². The first kappa shape index (κ1) is 17.4. The highest BCUT2D eigenvalue weighted by molar-refractivity contribution is 7.98. The SMILES string of the molecule is CSCCC(C)N(C)S(=O)(=O)c1ccc(F)c(CO)c1. The van der Waals surface area contributed by atoms with E-state index in [0.29, 0.717) is 0 Å². The fourth-order valence-electron chi connectivity index (χ4n) is 1.71. The lowest BCUT2D eigenvalue weighted by atomic mass is 10.2. The summed E-state index contributed by atoms with van der Waals surface area (Å²) in [5.41, 5.74) is -0.0174. The third kappa shape index (κ3) is 3.94. The smallest absolute Gasteiger partial charge is 0.243 e. The highest BCUT2D eigenvalue weighted by Gasteiger charge is 2.25. The summed E-state index contributed by atoms with van der Waals surface area (Å²) in [5, 5.41) is 9.02. The molecule has 0 aliphatic rings. The Bertz CT molecular complexity index is 549. The van der Waals surface area contributed by atoms with Gasteiger partial charge in [0.1, 0.15) is 5.82 Å². The highest BCUT2D eigenvalue weighted by Crippen LogP contribution is 2.21. The Kier molecular flexibility index (Phi) is 6.44. The first-order chi connectivity index (χ1) is 9.34. The van der Waals surface area contributed by atoms with E-state index in [0.717, 1.165) is 18.2 Å². The minimum absolute atomic E-state index is 0.00134. The second-order valence-electron chi connectivity index (χ2n) is 4.56. The van der Waals surface area contributed by atoms with Crippen molar-refractivity contribution in [2.75, 3.05) is 19.1 Å². The third-order valence-corrected chi connectivity index (χ3v) is 5.84. The molecule has 0 aliphatic carbocycles. The minimum Gasteiger partial charge on any atom is -0.392 e. The van der Waals surface area contributed by atoms with Gasteiger partial charge in [0, 0.05) is 18.7 Å². The van der Waals surface area contributed by atoms with Crippen molar-refractivity contribution in [2.24, 2.45) is 0 Å². The van der Waals surface area contributed by atoms with Gasteiger partial charge in [0.2, 0.25) is 10.0 Å². The van der Waals surface area contributed by atoms with Crippen molar-refractivity contribution in [1.29, 1.82) is 0 Å². The summed E-state index contributed by atoms with van der Waals surface area (Å²) < 4.78 is 39.5. The van der Waals surface area contributed by atoms with Crippen LogP contribution in [-0.2, 0) is 16.6 Å². The molecule has 1 aromatic carbocycles. The molecule has 0 heterocycles. The zero-order valence-electron chi connectivity index (χ0n) is 11.8. The van der Waals surface area contributed by atoms with Gasteiger partial charge in [0.05, 0.1) is 11.5 Å². The predicted octanol–water partition coefficient (Wildman–Crippen LogP) is 2.08. The number of aliphatic hydroxyl groups excluding tert-OH is 1. The summed E-state index contributed by atoms with van der Waals surface area (Å²) in [7, 11) is -2.16. The molecule has 1 rings (SSSR count). The van der Waals surface area contributed by atoms with E-state index in [1.54, 1.807) is 11.8 Å². The van der Waals surface area contributed by atoms with E-state index in [2.05, 4.69) is 0 Å². The maximum atomic E-state index is 13.3. The molecule has 0 bridgehead atoms. The van der Waals surface area contributed by atoms with Crippen LogP contribution in [0.15, 0.2) is 23.1 Å². The van der Waals surface area contributed by atoms with Gasteiger partial charge in [-0.25, -0.2) is 12.8 Å². The van der Waals surface area contributed by atoms with Gasteiger partial charge in [-0.3, -0.25) is 0 Å². The van der Waals surface area contributed by atoms with Crippen LogP contribution in [0.5, 0.6) is 0 Å². The Hall–Kier alpha value is -0.630. The van der Waals surface area contributed by atoms with Crippen molar-refractivity contribution < 1.29 is 17.9 Å². The number of rotatable bonds is 7. The van der Waals surface area contributed by atoms with Crippen LogP contribution < -0.4 is 0 Å². The monoisotopic (exact) mass is 321 g/mol. The molecule has 0 saturated carbocycles. The largest absolute Gasteiger partial charge is 0.392 e. The molecule has 114 valence electrons. The quantitative estimate of drug-likeness (QED) is 0.835. The lowest BCUT2D eigenvalue weighted by Crippen LogP contribution is -2.35. The minimum atomic E-state index is -3.67. The number of thioether (sulfide) groups is 1. The zero-order chi connectivity index (χ0) is 15.3. The Morgan fingerprint density at radius 3 is 2.65 bits per heavy atom. The summed E-state index contributed by atoms with van der Waals surface area (Å²) in [6.07, 6.45) is 2.71. The molecule has 7 heteroatoms. The fraction of sp³-hybridized carbons (Fsp3) is 0.538. The molecule has 4 nitrogen and oxygen atoms in total. The van der Waals surface area contributed by atoms with Crippen LogP contribution in [-0.4, -0.2) is 42.9 Å². The van der Waals surface area contributed by atoms with Crippen LogP contribution in [0.4, 0.5) is 4.39 Å². The second-order valence-corrected chi connectivity index (χ2v) is 7.55. The molecule has 0 aromatic heterocycles. The van der Waals surface area contributed by atoms with E-state index < -0.39 is 22.4 Å². The molecule has 0 aliphatic heterocycles. The van der Waals surface area contributed by atoms with Gasteiger partial charge < -0.3 is 5.11 Å². The van der Waals surface area contributed by atoms with Crippen LogP contribution >= 0.6 is 11.8 Å². The van der Waals surface area contributed by atoms with Gasteiger partial charge in [-0.15, -0.1) is 0 Å². The molecular weight excluding hydrogens is 301 g/mol. The van der Waals surface area contributed by atoms with Gasteiger partial charge in [-0.05, 0) is 43.6 Å². The molecular formula is C13H20FNO3S2. The average Bonchev–Trinajstić information content (AvgIpc) is 2.44. The number of halogens is 1. The topological polar surface area (TPSA) is 57.6 Å². The Morgan fingerprint density at radius 2 is 2.10 bits per heavy atom. The number of hydrogen-bond acceptors (Lipinski definition) is 4. The van der Waals surface area contributed by atoms with Crippen LogP contribution in [0.25, 0.3) is 0 Å². The Labute approximate surface area is 124 Å². The average molecular weight is 321 g/mol. The van der Waals surface area contributed by atoms with Gasteiger partial charge in [0.15, 0.2) is 0 Å². The lowest BCUT2D eigenvalue weighted by molar-refractivity contribution is 0.275. The Morgan fingerprint density at radius 1 is 1.45 bits per heavy atom. The van der Waals surface area contributed by atoms with E-state index in [-0.39, 0.29) is 16.5 Å². The van der Waals surface area contributed by atoms with Gasteiger partial charge in [0.25, 0.3) is 0 Å². The van der Waals surface area contributed by atoms with Crippen molar-refractivity contribution in [3.8, 4) is 0 Å². The maximum Gasteiger partial charge on any atom is 0.243 e. The molecule has 0 saturated heterocycles. The van der Waals surface area contributed by atoms with Crippen molar-refractivity contribution >= 4 is 21.8 Å². The number of sulfonamides is 1. The van der Waals surface area contributed by atoms with Crippen molar-refractivity contribution in [3.05, 3.63) is 29.6 Å². The van der Waals surface area contributed by atoms with Gasteiger partial charge >= 0.3 is 0 Å². The van der Waals surface area contributed by atoms with Crippen LogP contribution in [0, 0.1) is 5.82 Å². The normalized spacial score (nSPS) is 13.7. The molecule has 1 N–H and O–H groups in total. The zero-order valence-corrected chi connectivity index (χ0v) is 13.5. The van der Waals surface area contributed by atoms with E-state index in [1.807, 2.05) is 13.2 Å². The van der Waals surface area contributed by atoms with E-state index in [9.17, 15) is 12.8 Å². The fourth-order valence-corrected chi connectivity index (χ4v) is 3.73. The van der Waals surface area contributed by atoms with Crippen molar-refractivity contribution in [1.82, 2.24) is 4.31 Å². The first-order valence-corrected chi connectivity index (χ1v) is 9.04. The van der Waals surface area contributed by atoms with Crippen molar-refractivity contribution in [2.45, 2.75) is 30.9 Å². The second kappa shape index (κ2) is 7.40. The van der Waals surface area contributed by atoms with Crippen LogP contribution in [0.1, 0.15) is 18.9 Å². The standard InChI is InChI=1S/C13H20FNO3S2/c1-10(6-7-19-3)15(2)20(17,18)12-4-5-13(14)11(8-12)9-16/h4-5,8,10,16H,6-7,9H2,1-3H3. The molecule has 0 spiro atoms. The summed E-state index contributed by atoms with van der Waals surface area (Å²) in [6, 6.07) is 3.33. The van der Waals surface area contributed by atoms with E-state index >= 15 is 0 Å².